The Morgan fingerprint density at radius 3 is 2.78 bits per heavy atom. The molecule has 0 saturated heterocycles. The number of aromatic nitrogens is 1. The second-order valence-corrected chi connectivity index (χ2v) is 5.41. The lowest BCUT2D eigenvalue weighted by molar-refractivity contribution is -0.139. The monoisotopic (exact) mass is 332 g/mol. The maximum atomic E-state index is 11.8. The van der Waals surface area contributed by atoms with Crippen LogP contribution in [-0.4, -0.2) is 40.0 Å². The lowest BCUT2D eigenvalue weighted by atomic mass is 10.2. The molecule has 0 aliphatic heterocycles. The first-order valence-corrected chi connectivity index (χ1v) is 7.37. The first kappa shape index (κ1) is 15.0. The van der Waals surface area contributed by atoms with Gasteiger partial charge in [0.25, 0.3) is 5.91 Å². The lowest BCUT2D eigenvalue weighted by Crippen LogP contribution is -2.41. The van der Waals surface area contributed by atoms with Crippen LogP contribution in [-0.2, 0) is 4.79 Å². The number of hydrogen-bond acceptors (Lipinski definition) is 4. The summed E-state index contributed by atoms with van der Waals surface area (Å²) in [6, 6.07) is 2.34. The van der Waals surface area contributed by atoms with Gasteiger partial charge in [-0.15, -0.1) is 0 Å². The van der Waals surface area contributed by atoms with Gasteiger partial charge in [-0.1, -0.05) is 0 Å². The molecule has 0 radical (unpaired) electrons. The number of carbonyl (C=O) groups excluding carboxylic acids is 1. The van der Waals surface area contributed by atoms with E-state index in [2.05, 4.69) is 26.2 Å². The Morgan fingerprint density at radius 2 is 2.28 bits per heavy atom. The van der Waals surface area contributed by atoms with Crippen LogP contribution in [0.15, 0.2) is 22.8 Å². The predicted molar refractivity (Wildman–Crippen MR) is 73.8 cm³/mol. The molecule has 0 aliphatic rings. The molecule has 0 spiro atoms. The van der Waals surface area contributed by atoms with Gasteiger partial charge in [0.15, 0.2) is 0 Å². The maximum absolute atomic E-state index is 11.8. The van der Waals surface area contributed by atoms with Crippen molar-refractivity contribution in [3.63, 3.8) is 0 Å². The second-order valence-electron chi connectivity index (χ2n) is 3.51. The molecule has 2 N–H and O–H groups in total. The molecule has 1 aromatic heterocycles. The molecular formula is C11H13BrN2O3S. The molecule has 5 nitrogen and oxygen atoms in total. The number of thioether (sulfide) groups is 1. The molecule has 98 valence electrons. The van der Waals surface area contributed by atoms with Crippen molar-refractivity contribution in [2.75, 3.05) is 12.0 Å². The van der Waals surface area contributed by atoms with E-state index in [4.69, 9.17) is 5.11 Å². The summed E-state index contributed by atoms with van der Waals surface area (Å²) in [7, 11) is 0. The van der Waals surface area contributed by atoms with E-state index in [1.165, 1.54) is 24.0 Å². The number of nitrogens with zero attached hydrogens (tertiary/aromatic N) is 1. The van der Waals surface area contributed by atoms with Crippen molar-refractivity contribution in [3.8, 4) is 0 Å². The fourth-order valence-electron chi connectivity index (χ4n) is 1.24. The van der Waals surface area contributed by atoms with Gasteiger partial charge in [0.05, 0.1) is 0 Å². The van der Waals surface area contributed by atoms with E-state index in [0.29, 0.717) is 12.2 Å². The van der Waals surface area contributed by atoms with Gasteiger partial charge in [-0.3, -0.25) is 4.79 Å². The average molecular weight is 333 g/mol. The highest BCUT2D eigenvalue weighted by Gasteiger charge is 2.20. The van der Waals surface area contributed by atoms with Gasteiger partial charge in [0.1, 0.15) is 11.7 Å². The SMILES string of the molecule is CSCC[C@@H](NC(=O)c1ccc(Br)cn1)C(=O)O. The molecule has 0 bridgehead atoms. The number of carbonyl (C=O) groups is 2. The Hall–Kier alpha value is -1.08. The molecule has 0 saturated carbocycles. The number of hydrogen-bond donors (Lipinski definition) is 2. The van der Waals surface area contributed by atoms with Gasteiger partial charge in [-0.25, -0.2) is 9.78 Å². The predicted octanol–water partition coefficient (Wildman–Crippen LogP) is 1.78. The highest BCUT2D eigenvalue weighted by atomic mass is 79.9. The van der Waals surface area contributed by atoms with E-state index >= 15 is 0 Å². The molecule has 1 rings (SSSR count). The van der Waals surface area contributed by atoms with Crippen LogP contribution >= 0.6 is 27.7 Å². The van der Waals surface area contributed by atoms with Crippen molar-refractivity contribution in [1.29, 1.82) is 0 Å². The van der Waals surface area contributed by atoms with Gasteiger partial charge >= 0.3 is 5.97 Å². The zero-order valence-corrected chi connectivity index (χ0v) is 12.1. The zero-order valence-electron chi connectivity index (χ0n) is 9.72. The smallest absolute Gasteiger partial charge is 0.326 e. The third-order valence-corrected chi connectivity index (χ3v) is 3.29. The molecule has 0 aromatic carbocycles. The van der Waals surface area contributed by atoms with Crippen LogP contribution in [0, 0.1) is 0 Å². The largest absolute Gasteiger partial charge is 0.480 e. The first-order valence-electron chi connectivity index (χ1n) is 5.18. The van der Waals surface area contributed by atoms with Crippen LogP contribution in [0.2, 0.25) is 0 Å². The number of pyridine rings is 1. The van der Waals surface area contributed by atoms with Crippen LogP contribution in [0.5, 0.6) is 0 Å². The Morgan fingerprint density at radius 1 is 1.56 bits per heavy atom. The fraction of sp³-hybridized carbons (Fsp3) is 0.364. The number of aliphatic carboxylic acids is 1. The number of amides is 1. The third-order valence-electron chi connectivity index (χ3n) is 2.17. The number of carboxylic acid groups (broad SMARTS) is 1. The number of halogens is 1. The van der Waals surface area contributed by atoms with Crippen LogP contribution < -0.4 is 5.32 Å². The summed E-state index contributed by atoms with van der Waals surface area (Å²) in [5.74, 6) is -0.837. The van der Waals surface area contributed by atoms with Crippen molar-refractivity contribution >= 4 is 39.6 Å². The summed E-state index contributed by atoms with van der Waals surface area (Å²) in [6.07, 6.45) is 3.77. The Labute approximate surface area is 117 Å². The Balaban J connectivity index is 2.66. The van der Waals surface area contributed by atoms with Gasteiger partial charge in [-0.05, 0) is 46.5 Å². The third kappa shape index (κ3) is 4.66. The van der Waals surface area contributed by atoms with Crippen LogP contribution in [0.1, 0.15) is 16.9 Å². The number of nitrogens with one attached hydrogen (secondary N) is 1. The molecule has 0 fully saturated rings. The van der Waals surface area contributed by atoms with Gasteiger partial charge in [0.2, 0.25) is 0 Å². The van der Waals surface area contributed by atoms with Gasteiger partial charge in [-0.2, -0.15) is 11.8 Å². The lowest BCUT2D eigenvalue weighted by Gasteiger charge is -2.13. The summed E-state index contributed by atoms with van der Waals surface area (Å²) < 4.78 is 0.760. The molecule has 1 heterocycles. The topological polar surface area (TPSA) is 79.3 Å². The molecule has 1 amide bonds. The normalized spacial score (nSPS) is 11.9. The molecular weight excluding hydrogens is 320 g/mol. The van der Waals surface area contributed by atoms with Gasteiger partial charge in [0, 0.05) is 10.7 Å². The summed E-state index contributed by atoms with van der Waals surface area (Å²) >= 11 is 4.75. The maximum Gasteiger partial charge on any atom is 0.326 e. The van der Waals surface area contributed by atoms with Crippen molar-refractivity contribution < 1.29 is 14.7 Å². The fourth-order valence-corrected chi connectivity index (χ4v) is 1.94. The van der Waals surface area contributed by atoms with E-state index < -0.39 is 17.9 Å². The van der Waals surface area contributed by atoms with Crippen molar-refractivity contribution in [3.05, 3.63) is 28.5 Å². The van der Waals surface area contributed by atoms with Crippen molar-refractivity contribution in [2.24, 2.45) is 0 Å². The molecule has 0 unspecified atom stereocenters. The number of carboxylic acids is 1. The quantitative estimate of drug-likeness (QED) is 0.830. The highest BCUT2D eigenvalue weighted by Crippen LogP contribution is 2.08. The van der Waals surface area contributed by atoms with Gasteiger partial charge < -0.3 is 10.4 Å². The highest BCUT2D eigenvalue weighted by molar-refractivity contribution is 9.10. The average Bonchev–Trinajstić information content (AvgIpc) is 2.34. The van der Waals surface area contributed by atoms with E-state index in [1.54, 1.807) is 6.07 Å². The second kappa shape index (κ2) is 7.38. The van der Waals surface area contributed by atoms with Crippen LogP contribution in [0.4, 0.5) is 0 Å². The minimum Gasteiger partial charge on any atom is -0.480 e. The molecule has 7 heteroatoms. The molecule has 1 atom stereocenters. The summed E-state index contributed by atoms with van der Waals surface area (Å²) in [6.45, 7) is 0. The van der Waals surface area contributed by atoms with E-state index in [-0.39, 0.29) is 5.69 Å². The standard InChI is InChI=1S/C11H13BrN2O3S/c1-18-5-4-9(11(16)17)14-10(15)8-3-2-7(12)6-13-8/h2-3,6,9H,4-5H2,1H3,(H,14,15)(H,16,17)/t9-/m1/s1. The Bertz CT molecular complexity index is 425. The number of rotatable bonds is 6. The van der Waals surface area contributed by atoms with Crippen LogP contribution in [0.3, 0.4) is 0 Å². The summed E-state index contributed by atoms with van der Waals surface area (Å²) in [5.41, 5.74) is 0.202. The van der Waals surface area contributed by atoms with Crippen molar-refractivity contribution in [1.82, 2.24) is 10.3 Å². The molecule has 0 aliphatic carbocycles. The molecule has 18 heavy (non-hydrogen) atoms. The summed E-state index contributed by atoms with van der Waals surface area (Å²) in [4.78, 5) is 26.7. The van der Waals surface area contributed by atoms with E-state index in [1.807, 2.05) is 6.26 Å². The Kier molecular flexibility index (Phi) is 6.14. The van der Waals surface area contributed by atoms with Crippen LogP contribution in [0.25, 0.3) is 0 Å². The first-order chi connectivity index (χ1) is 8.54. The molecule has 1 aromatic rings. The van der Waals surface area contributed by atoms with E-state index in [9.17, 15) is 9.59 Å². The minimum atomic E-state index is -1.03. The zero-order chi connectivity index (χ0) is 13.5. The van der Waals surface area contributed by atoms with E-state index in [0.717, 1.165) is 4.47 Å². The van der Waals surface area contributed by atoms with Crippen molar-refractivity contribution in [2.45, 2.75) is 12.5 Å². The minimum absolute atomic E-state index is 0.202. The summed E-state index contributed by atoms with van der Waals surface area (Å²) in [5, 5.41) is 11.4.